The van der Waals surface area contributed by atoms with Gasteiger partial charge in [0, 0.05) is 19.8 Å². The first kappa shape index (κ1) is 17.0. The Morgan fingerprint density at radius 3 is 2.83 bits per heavy atom. The van der Waals surface area contributed by atoms with E-state index in [0.29, 0.717) is 18.8 Å². The van der Waals surface area contributed by atoms with Crippen molar-refractivity contribution in [1.29, 1.82) is 0 Å². The van der Waals surface area contributed by atoms with Gasteiger partial charge >= 0.3 is 0 Å². The fraction of sp³-hybridized carbons (Fsp3) is 0.375. The van der Waals surface area contributed by atoms with Crippen molar-refractivity contribution in [3.63, 3.8) is 0 Å². The molecule has 124 valence electrons. The largest absolute Gasteiger partial charge is 0.339 e. The van der Waals surface area contributed by atoms with E-state index in [1.165, 1.54) is 5.56 Å². The van der Waals surface area contributed by atoms with Gasteiger partial charge in [-0.3, -0.25) is 9.79 Å². The fourth-order valence-corrected chi connectivity index (χ4v) is 2.33. The number of nitrogens with zero attached hydrogens (tertiary/aromatic N) is 2. The number of amides is 1. The molecule has 23 heavy (non-hydrogen) atoms. The highest BCUT2D eigenvalue weighted by molar-refractivity contribution is 5.94. The SMILES string of the molecule is CCc1ccc(C(C=NC)NC(=O)C2=CN(CCN)[NH2+]N2)cc1. The molecule has 1 aromatic rings. The topological polar surface area (TPSA) is 99.4 Å². The fourth-order valence-electron chi connectivity index (χ4n) is 2.33. The number of aliphatic imine (C=N–C) groups is 1. The van der Waals surface area contributed by atoms with Gasteiger partial charge in [-0.05, 0) is 17.5 Å². The maximum Gasteiger partial charge on any atom is 0.275 e. The van der Waals surface area contributed by atoms with Crippen LogP contribution in [0.25, 0.3) is 0 Å². The zero-order valence-electron chi connectivity index (χ0n) is 13.6. The predicted octanol–water partition coefficient (Wildman–Crippen LogP) is -0.794. The molecule has 1 aliphatic heterocycles. The highest BCUT2D eigenvalue weighted by atomic mass is 16.2. The number of nitrogens with two attached hydrogens (primary N) is 2. The average molecular weight is 317 g/mol. The van der Waals surface area contributed by atoms with Crippen LogP contribution in [0, 0.1) is 0 Å². The number of hydrogen-bond donors (Lipinski definition) is 4. The standard InChI is InChI=1S/C16H24N6O/c1-3-12-4-6-13(7-5-12)14(10-18-2)19-16(23)15-11-22(9-8-17)21-20-15/h4-7,10-11,14,20-21H,3,8-9,17H2,1-2H3,(H,19,23)/p+1. The second-order valence-corrected chi connectivity index (χ2v) is 5.30. The second-order valence-electron chi connectivity index (χ2n) is 5.30. The molecule has 1 atom stereocenters. The van der Waals surface area contributed by atoms with Gasteiger partial charge in [0.25, 0.3) is 5.91 Å². The summed E-state index contributed by atoms with van der Waals surface area (Å²) in [5.74, 6) is -0.176. The number of hydrogen-bond acceptors (Lipinski definition) is 5. The maximum atomic E-state index is 12.4. The molecule has 7 heteroatoms. The van der Waals surface area contributed by atoms with E-state index in [2.05, 4.69) is 34.8 Å². The molecular formula is C16H25N6O+. The molecule has 1 aliphatic rings. The summed E-state index contributed by atoms with van der Waals surface area (Å²) in [6.45, 7) is 3.31. The molecule has 7 nitrogen and oxygen atoms in total. The van der Waals surface area contributed by atoms with E-state index in [9.17, 15) is 4.79 Å². The van der Waals surface area contributed by atoms with Crippen molar-refractivity contribution >= 4 is 12.1 Å². The van der Waals surface area contributed by atoms with Crippen LogP contribution in [-0.4, -0.2) is 37.3 Å². The number of rotatable bonds is 7. The minimum absolute atomic E-state index is 0.176. The van der Waals surface area contributed by atoms with Gasteiger partial charge in [0.2, 0.25) is 0 Å². The molecule has 2 rings (SSSR count). The van der Waals surface area contributed by atoms with E-state index < -0.39 is 0 Å². The Labute approximate surface area is 136 Å². The van der Waals surface area contributed by atoms with Crippen molar-refractivity contribution in [3.8, 4) is 0 Å². The highest BCUT2D eigenvalue weighted by Gasteiger charge is 2.23. The Kier molecular flexibility index (Phi) is 6.13. The molecule has 0 saturated carbocycles. The number of benzene rings is 1. The van der Waals surface area contributed by atoms with Crippen LogP contribution in [0.3, 0.4) is 0 Å². The van der Waals surface area contributed by atoms with Gasteiger partial charge in [-0.15, -0.1) is 5.53 Å². The van der Waals surface area contributed by atoms with Gasteiger partial charge in [-0.1, -0.05) is 31.2 Å². The normalized spacial score (nSPS) is 15.4. The van der Waals surface area contributed by atoms with Crippen LogP contribution in [0.4, 0.5) is 0 Å². The average Bonchev–Trinajstić information content (AvgIpc) is 3.04. The van der Waals surface area contributed by atoms with E-state index in [-0.39, 0.29) is 11.9 Å². The van der Waals surface area contributed by atoms with Crippen LogP contribution in [0.2, 0.25) is 0 Å². The third-order valence-corrected chi connectivity index (χ3v) is 3.64. The highest BCUT2D eigenvalue weighted by Crippen LogP contribution is 2.13. The minimum atomic E-state index is -0.260. The molecule has 1 heterocycles. The lowest BCUT2D eigenvalue weighted by Gasteiger charge is -2.15. The van der Waals surface area contributed by atoms with Crippen LogP contribution in [0.5, 0.6) is 0 Å². The number of carbonyl (C=O) groups excluding carboxylic acids is 1. The molecule has 0 spiro atoms. The zero-order valence-corrected chi connectivity index (χ0v) is 13.6. The lowest BCUT2D eigenvalue weighted by atomic mass is 10.0. The van der Waals surface area contributed by atoms with Crippen LogP contribution in [-0.2, 0) is 11.2 Å². The molecule has 0 saturated heterocycles. The summed E-state index contributed by atoms with van der Waals surface area (Å²) in [4.78, 5) is 16.5. The number of carbonyl (C=O) groups is 1. The second kappa shape index (κ2) is 8.30. The van der Waals surface area contributed by atoms with Crippen LogP contribution in [0.15, 0.2) is 41.2 Å². The molecule has 6 N–H and O–H groups in total. The summed E-state index contributed by atoms with van der Waals surface area (Å²) >= 11 is 0. The Morgan fingerprint density at radius 2 is 2.22 bits per heavy atom. The van der Waals surface area contributed by atoms with Crippen molar-refractivity contribution < 1.29 is 10.3 Å². The molecule has 0 aromatic heterocycles. The lowest BCUT2D eigenvalue weighted by Crippen LogP contribution is -2.97. The van der Waals surface area contributed by atoms with E-state index in [4.69, 9.17) is 5.73 Å². The number of aryl methyl sites for hydroxylation is 1. The minimum Gasteiger partial charge on any atom is -0.339 e. The van der Waals surface area contributed by atoms with Crippen molar-refractivity contribution in [2.75, 3.05) is 20.1 Å². The van der Waals surface area contributed by atoms with Gasteiger partial charge in [0.05, 0.1) is 18.8 Å². The molecule has 0 radical (unpaired) electrons. The monoisotopic (exact) mass is 317 g/mol. The Morgan fingerprint density at radius 1 is 1.48 bits per heavy atom. The Hall–Kier alpha value is -2.38. The Balaban J connectivity index is 2.07. The summed E-state index contributed by atoms with van der Waals surface area (Å²) in [6.07, 6.45) is 4.47. The van der Waals surface area contributed by atoms with Crippen molar-refractivity contribution in [1.82, 2.24) is 15.8 Å². The van der Waals surface area contributed by atoms with Crippen LogP contribution in [0.1, 0.15) is 24.1 Å². The third kappa shape index (κ3) is 4.54. The predicted molar refractivity (Wildman–Crippen MR) is 90.0 cm³/mol. The first-order valence-electron chi connectivity index (χ1n) is 7.77. The number of quaternary nitrogens is 1. The van der Waals surface area contributed by atoms with E-state index in [1.54, 1.807) is 25.0 Å². The van der Waals surface area contributed by atoms with E-state index in [1.807, 2.05) is 17.1 Å². The summed E-state index contributed by atoms with van der Waals surface area (Å²) < 4.78 is 0. The molecule has 0 fully saturated rings. The zero-order chi connectivity index (χ0) is 16.7. The summed E-state index contributed by atoms with van der Waals surface area (Å²) in [7, 11) is 1.70. The van der Waals surface area contributed by atoms with E-state index >= 15 is 0 Å². The first-order chi connectivity index (χ1) is 11.2. The molecule has 0 aliphatic carbocycles. The smallest absolute Gasteiger partial charge is 0.275 e. The van der Waals surface area contributed by atoms with Crippen molar-refractivity contribution in [2.45, 2.75) is 19.4 Å². The molecular weight excluding hydrogens is 292 g/mol. The third-order valence-electron chi connectivity index (χ3n) is 3.64. The summed E-state index contributed by atoms with van der Waals surface area (Å²) in [6, 6.07) is 7.93. The van der Waals surface area contributed by atoms with Crippen LogP contribution < -0.4 is 22.0 Å². The molecule has 1 unspecified atom stereocenters. The molecule has 1 aromatic carbocycles. The lowest BCUT2D eigenvalue weighted by molar-refractivity contribution is -0.822. The quantitative estimate of drug-likeness (QED) is 0.391. The maximum absolute atomic E-state index is 12.4. The van der Waals surface area contributed by atoms with Crippen LogP contribution >= 0.6 is 0 Å². The van der Waals surface area contributed by atoms with Gasteiger partial charge in [-0.2, -0.15) is 0 Å². The number of nitrogens with one attached hydrogen (secondary N) is 2. The van der Waals surface area contributed by atoms with E-state index in [0.717, 1.165) is 12.0 Å². The van der Waals surface area contributed by atoms with Gasteiger partial charge in [0.1, 0.15) is 0 Å². The Bertz CT molecular complexity index is 581. The molecule has 0 bridgehead atoms. The van der Waals surface area contributed by atoms with Gasteiger partial charge in [0.15, 0.2) is 5.70 Å². The first-order valence-corrected chi connectivity index (χ1v) is 7.77. The van der Waals surface area contributed by atoms with Crippen molar-refractivity contribution in [2.24, 2.45) is 10.7 Å². The molecule has 1 amide bonds. The van der Waals surface area contributed by atoms with Gasteiger partial charge in [-0.25, -0.2) is 10.4 Å². The van der Waals surface area contributed by atoms with Gasteiger partial charge < -0.3 is 11.1 Å². The summed E-state index contributed by atoms with van der Waals surface area (Å²) in [5.41, 5.74) is 13.0. The summed E-state index contributed by atoms with van der Waals surface area (Å²) in [5, 5.41) is 4.83. The van der Waals surface area contributed by atoms with Crippen molar-refractivity contribution in [3.05, 3.63) is 47.3 Å².